The van der Waals surface area contributed by atoms with Crippen molar-refractivity contribution < 1.29 is 25.1 Å². The second-order valence-electron chi connectivity index (χ2n) is 2.65. The van der Waals surface area contributed by atoms with Crippen molar-refractivity contribution in [2.75, 3.05) is 0 Å². The molecule has 0 fully saturated rings. The summed E-state index contributed by atoms with van der Waals surface area (Å²) in [6, 6.07) is 0. The fourth-order valence-electron chi connectivity index (χ4n) is 0.998. The van der Waals surface area contributed by atoms with Crippen molar-refractivity contribution in [1.29, 1.82) is 0 Å². The molecule has 0 radical (unpaired) electrons. The standard InChI is InChI=1S/C8H17NO.Li.H/c1-3-5-6-7(4-2)8(9)10;;/h7H,3-6H2,1-2H3,(H2,9,10);;/q;+1;-1. The number of hydrogen-bond acceptors (Lipinski definition) is 1. The van der Waals surface area contributed by atoms with E-state index in [0.29, 0.717) is 0 Å². The molecule has 0 aliphatic carbocycles. The van der Waals surface area contributed by atoms with Gasteiger partial charge in [0.05, 0.1) is 0 Å². The van der Waals surface area contributed by atoms with Gasteiger partial charge in [-0.2, -0.15) is 0 Å². The van der Waals surface area contributed by atoms with E-state index in [1.807, 2.05) is 6.92 Å². The van der Waals surface area contributed by atoms with Crippen LogP contribution in [0.3, 0.4) is 0 Å². The molecular formula is C8H18LiNO. The zero-order valence-electron chi connectivity index (χ0n) is 8.89. The first-order valence-corrected chi connectivity index (χ1v) is 4.01. The van der Waals surface area contributed by atoms with Crippen molar-refractivity contribution in [2.45, 2.75) is 39.5 Å². The van der Waals surface area contributed by atoms with Gasteiger partial charge in [-0.15, -0.1) is 0 Å². The smallest absolute Gasteiger partial charge is 1.00 e. The molecular weight excluding hydrogens is 133 g/mol. The summed E-state index contributed by atoms with van der Waals surface area (Å²) in [4.78, 5) is 10.7. The van der Waals surface area contributed by atoms with Crippen LogP contribution < -0.4 is 24.6 Å². The molecule has 0 aromatic heterocycles. The predicted octanol–water partition coefficient (Wildman–Crippen LogP) is -1.20. The summed E-state index contributed by atoms with van der Waals surface area (Å²) in [5.74, 6) is -0.0316. The van der Waals surface area contributed by atoms with E-state index in [4.69, 9.17) is 5.73 Å². The molecule has 11 heavy (non-hydrogen) atoms. The molecule has 1 unspecified atom stereocenters. The first-order chi connectivity index (χ1) is 4.72. The van der Waals surface area contributed by atoms with Crippen molar-refractivity contribution in [2.24, 2.45) is 11.7 Å². The van der Waals surface area contributed by atoms with E-state index in [2.05, 4.69) is 6.92 Å². The Morgan fingerprint density at radius 3 is 2.36 bits per heavy atom. The van der Waals surface area contributed by atoms with E-state index in [9.17, 15) is 4.79 Å². The van der Waals surface area contributed by atoms with Crippen molar-refractivity contribution in [3.05, 3.63) is 0 Å². The van der Waals surface area contributed by atoms with Crippen LogP contribution in [-0.2, 0) is 4.79 Å². The number of rotatable bonds is 5. The largest absolute Gasteiger partial charge is 1.00 e. The monoisotopic (exact) mass is 151 g/mol. The summed E-state index contributed by atoms with van der Waals surface area (Å²) in [5.41, 5.74) is 5.15. The molecule has 0 spiro atoms. The third-order valence-corrected chi connectivity index (χ3v) is 1.80. The molecule has 1 amide bonds. The molecule has 62 valence electrons. The maximum atomic E-state index is 10.7. The van der Waals surface area contributed by atoms with E-state index in [1.54, 1.807) is 0 Å². The van der Waals surface area contributed by atoms with E-state index in [1.165, 1.54) is 0 Å². The molecule has 0 aliphatic heterocycles. The fraction of sp³-hybridized carbons (Fsp3) is 0.875. The van der Waals surface area contributed by atoms with E-state index < -0.39 is 0 Å². The van der Waals surface area contributed by atoms with Crippen LogP contribution in [0.1, 0.15) is 41.0 Å². The Labute approximate surface area is 82.6 Å². The molecule has 0 bridgehead atoms. The molecule has 2 nitrogen and oxygen atoms in total. The summed E-state index contributed by atoms with van der Waals surface area (Å²) in [7, 11) is 0. The molecule has 0 aliphatic rings. The second kappa shape index (κ2) is 8.17. The van der Waals surface area contributed by atoms with Gasteiger partial charge in [-0.25, -0.2) is 0 Å². The van der Waals surface area contributed by atoms with E-state index >= 15 is 0 Å². The first-order valence-electron chi connectivity index (χ1n) is 4.01. The Morgan fingerprint density at radius 1 is 1.55 bits per heavy atom. The number of carbonyl (C=O) groups is 1. The summed E-state index contributed by atoms with van der Waals surface area (Å²) in [6.07, 6.45) is 4.10. The Morgan fingerprint density at radius 2 is 2.09 bits per heavy atom. The fourth-order valence-corrected chi connectivity index (χ4v) is 0.998. The number of unbranched alkanes of at least 4 members (excludes halogenated alkanes) is 1. The van der Waals surface area contributed by atoms with E-state index in [-0.39, 0.29) is 32.1 Å². The minimum Gasteiger partial charge on any atom is -1.00 e. The molecule has 1 atom stereocenters. The topological polar surface area (TPSA) is 43.1 Å². The zero-order valence-corrected chi connectivity index (χ0v) is 7.89. The minimum absolute atomic E-state index is 0. The minimum atomic E-state index is -0.143. The third kappa shape index (κ3) is 6.46. The summed E-state index contributed by atoms with van der Waals surface area (Å²) in [5, 5.41) is 0. The maximum absolute atomic E-state index is 10.7. The van der Waals surface area contributed by atoms with Crippen LogP contribution in [0.5, 0.6) is 0 Å². The van der Waals surface area contributed by atoms with Crippen LogP contribution in [-0.4, -0.2) is 5.91 Å². The molecule has 0 aromatic rings. The summed E-state index contributed by atoms with van der Waals surface area (Å²) >= 11 is 0. The van der Waals surface area contributed by atoms with Crippen molar-refractivity contribution >= 4 is 5.91 Å². The first kappa shape index (κ1) is 13.6. The van der Waals surface area contributed by atoms with Crippen LogP contribution in [0.4, 0.5) is 0 Å². The van der Waals surface area contributed by atoms with Gasteiger partial charge >= 0.3 is 18.9 Å². The van der Waals surface area contributed by atoms with Gasteiger partial charge < -0.3 is 7.16 Å². The van der Waals surface area contributed by atoms with E-state index in [0.717, 1.165) is 25.7 Å². The average Bonchev–Trinajstić information content (AvgIpc) is 1.89. The van der Waals surface area contributed by atoms with Crippen LogP contribution in [0.15, 0.2) is 0 Å². The Hall–Kier alpha value is 0.0674. The zero-order chi connectivity index (χ0) is 7.98. The normalized spacial score (nSPS) is 11.8. The van der Waals surface area contributed by atoms with Gasteiger partial charge in [-0.1, -0.05) is 26.7 Å². The van der Waals surface area contributed by atoms with Crippen LogP contribution in [0, 0.1) is 5.92 Å². The Kier molecular flexibility index (Phi) is 10.1. The molecule has 0 aromatic carbocycles. The van der Waals surface area contributed by atoms with Crippen LogP contribution in [0.25, 0.3) is 0 Å². The van der Waals surface area contributed by atoms with Crippen molar-refractivity contribution in [3.8, 4) is 0 Å². The molecule has 0 saturated carbocycles. The molecule has 0 heterocycles. The number of amides is 1. The van der Waals surface area contributed by atoms with Gasteiger partial charge in [0, 0.05) is 5.92 Å². The summed E-state index contributed by atoms with van der Waals surface area (Å²) < 4.78 is 0. The van der Waals surface area contributed by atoms with Gasteiger partial charge in [0.2, 0.25) is 5.91 Å². The number of hydrogen-bond donors (Lipinski definition) is 1. The van der Waals surface area contributed by atoms with Gasteiger partial charge in [0.25, 0.3) is 0 Å². The van der Waals surface area contributed by atoms with Gasteiger partial charge in [0.15, 0.2) is 0 Å². The van der Waals surface area contributed by atoms with Gasteiger partial charge in [0.1, 0.15) is 0 Å². The number of nitrogens with two attached hydrogens (primary N) is 1. The quantitative estimate of drug-likeness (QED) is 0.493. The van der Waals surface area contributed by atoms with Crippen LogP contribution in [0.2, 0.25) is 0 Å². The second-order valence-corrected chi connectivity index (χ2v) is 2.65. The third-order valence-electron chi connectivity index (χ3n) is 1.80. The Bertz CT molecular complexity index is 111. The molecule has 3 heteroatoms. The Balaban J connectivity index is -0.000000405. The maximum Gasteiger partial charge on any atom is 1.00 e. The van der Waals surface area contributed by atoms with Crippen molar-refractivity contribution in [3.63, 3.8) is 0 Å². The van der Waals surface area contributed by atoms with Gasteiger partial charge in [-0.05, 0) is 12.8 Å². The van der Waals surface area contributed by atoms with Crippen molar-refractivity contribution in [1.82, 2.24) is 0 Å². The SMILES string of the molecule is CCCCC(CC)C(N)=O.[H-].[Li+]. The van der Waals surface area contributed by atoms with Gasteiger partial charge in [-0.3, -0.25) is 4.79 Å². The van der Waals surface area contributed by atoms with Crippen LogP contribution >= 0.6 is 0 Å². The molecule has 0 saturated heterocycles. The molecule has 2 N–H and O–H groups in total. The number of carbonyl (C=O) groups excluding carboxylic acids is 1. The average molecular weight is 151 g/mol. The molecule has 0 rings (SSSR count). The summed E-state index contributed by atoms with van der Waals surface area (Å²) in [6.45, 7) is 4.12. The predicted molar refractivity (Wildman–Crippen MR) is 43.6 cm³/mol. The number of primary amides is 1.